The van der Waals surface area contributed by atoms with Crippen LogP contribution in [0.1, 0.15) is 11.1 Å². The fourth-order valence-corrected chi connectivity index (χ4v) is 0.875. The van der Waals surface area contributed by atoms with Crippen molar-refractivity contribution in [1.29, 1.82) is 0 Å². The lowest BCUT2D eigenvalue weighted by atomic mass is 10.2. The number of aryl methyl sites for hydroxylation is 1. The van der Waals surface area contributed by atoms with Gasteiger partial charge in [-0.05, 0) is 18.6 Å². The second-order valence-electron chi connectivity index (χ2n) is 2.51. The van der Waals surface area contributed by atoms with Crippen LogP contribution >= 0.6 is 0 Å². The SMILES string of the molecule is Cc1cc(C=CCN)cnc1F. The number of hydrogen-bond acceptors (Lipinski definition) is 2. The Balaban J connectivity index is 2.89. The van der Waals surface area contributed by atoms with Crippen LogP contribution in [-0.2, 0) is 0 Å². The topological polar surface area (TPSA) is 38.9 Å². The predicted octanol–water partition coefficient (Wildman–Crippen LogP) is 1.50. The van der Waals surface area contributed by atoms with Crippen LogP contribution in [0.4, 0.5) is 4.39 Å². The second-order valence-corrected chi connectivity index (χ2v) is 2.51. The van der Waals surface area contributed by atoms with Crippen molar-refractivity contribution in [3.8, 4) is 0 Å². The molecule has 0 aliphatic carbocycles. The third-order valence-electron chi connectivity index (χ3n) is 1.48. The molecule has 0 unspecified atom stereocenters. The van der Waals surface area contributed by atoms with Gasteiger partial charge >= 0.3 is 0 Å². The number of hydrogen-bond donors (Lipinski definition) is 1. The molecule has 64 valence electrons. The smallest absolute Gasteiger partial charge is 0.215 e. The van der Waals surface area contributed by atoms with Crippen LogP contribution in [0.15, 0.2) is 18.3 Å². The van der Waals surface area contributed by atoms with E-state index >= 15 is 0 Å². The number of halogens is 1. The van der Waals surface area contributed by atoms with Gasteiger partial charge in [-0.15, -0.1) is 0 Å². The third kappa shape index (κ3) is 2.13. The summed E-state index contributed by atoms with van der Waals surface area (Å²) >= 11 is 0. The minimum atomic E-state index is -0.417. The molecule has 0 bridgehead atoms. The lowest BCUT2D eigenvalue weighted by Crippen LogP contribution is -1.93. The van der Waals surface area contributed by atoms with Gasteiger partial charge in [0.15, 0.2) is 0 Å². The van der Waals surface area contributed by atoms with E-state index in [2.05, 4.69) is 4.98 Å². The van der Waals surface area contributed by atoms with Crippen LogP contribution in [-0.4, -0.2) is 11.5 Å². The summed E-state index contributed by atoms with van der Waals surface area (Å²) in [7, 11) is 0. The minimum Gasteiger partial charge on any atom is -0.327 e. The molecule has 2 nitrogen and oxygen atoms in total. The highest BCUT2D eigenvalue weighted by atomic mass is 19.1. The van der Waals surface area contributed by atoms with Gasteiger partial charge < -0.3 is 5.73 Å². The van der Waals surface area contributed by atoms with Crippen LogP contribution in [0.3, 0.4) is 0 Å². The first-order valence-electron chi connectivity index (χ1n) is 3.73. The van der Waals surface area contributed by atoms with E-state index < -0.39 is 5.95 Å². The summed E-state index contributed by atoms with van der Waals surface area (Å²) in [6.45, 7) is 2.17. The zero-order valence-electron chi connectivity index (χ0n) is 6.92. The molecule has 0 amide bonds. The van der Waals surface area contributed by atoms with E-state index in [0.29, 0.717) is 12.1 Å². The number of nitrogens with two attached hydrogens (primary N) is 1. The van der Waals surface area contributed by atoms with Crippen molar-refractivity contribution in [2.45, 2.75) is 6.92 Å². The van der Waals surface area contributed by atoms with Gasteiger partial charge in [0.05, 0.1) is 0 Å². The fraction of sp³-hybridized carbons (Fsp3) is 0.222. The second kappa shape index (κ2) is 3.97. The Labute approximate surface area is 70.9 Å². The van der Waals surface area contributed by atoms with Gasteiger partial charge in [-0.2, -0.15) is 4.39 Å². The zero-order valence-corrected chi connectivity index (χ0v) is 6.92. The average Bonchev–Trinajstić information content (AvgIpc) is 2.07. The Morgan fingerprint density at radius 2 is 2.42 bits per heavy atom. The van der Waals surface area contributed by atoms with Gasteiger partial charge in [0.1, 0.15) is 0 Å². The first-order valence-corrected chi connectivity index (χ1v) is 3.73. The molecule has 1 rings (SSSR count). The van der Waals surface area contributed by atoms with Gasteiger partial charge in [0.25, 0.3) is 0 Å². The van der Waals surface area contributed by atoms with E-state index in [9.17, 15) is 4.39 Å². The highest BCUT2D eigenvalue weighted by molar-refractivity contribution is 5.48. The molecule has 3 heteroatoms. The van der Waals surface area contributed by atoms with E-state index in [1.807, 2.05) is 6.08 Å². The lowest BCUT2D eigenvalue weighted by molar-refractivity contribution is 0.574. The van der Waals surface area contributed by atoms with Crippen molar-refractivity contribution < 1.29 is 4.39 Å². The van der Waals surface area contributed by atoms with Crippen LogP contribution in [0.25, 0.3) is 6.08 Å². The van der Waals surface area contributed by atoms with E-state index in [-0.39, 0.29) is 0 Å². The Bertz CT molecular complexity index is 295. The van der Waals surface area contributed by atoms with Crippen molar-refractivity contribution in [3.05, 3.63) is 35.4 Å². The highest BCUT2D eigenvalue weighted by Gasteiger charge is 1.96. The molecule has 0 aliphatic heterocycles. The van der Waals surface area contributed by atoms with Gasteiger partial charge in [-0.1, -0.05) is 12.2 Å². The maximum atomic E-state index is 12.7. The Morgan fingerprint density at radius 1 is 1.67 bits per heavy atom. The van der Waals surface area contributed by atoms with E-state index in [0.717, 1.165) is 5.56 Å². The summed E-state index contributed by atoms with van der Waals surface area (Å²) in [6, 6.07) is 1.73. The molecule has 1 aromatic heterocycles. The number of aromatic nitrogens is 1. The molecule has 0 spiro atoms. The summed E-state index contributed by atoms with van der Waals surface area (Å²) in [6.07, 6.45) is 5.10. The number of nitrogens with zero attached hydrogens (tertiary/aromatic N) is 1. The quantitative estimate of drug-likeness (QED) is 0.676. The normalized spacial score (nSPS) is 10.9. The average molecular weight is 166 g/mol. The summed E-state index contributed by atoms with van der Waals surface area (Å²) in [5, 5.41) is 0. The zero-order chi connectivity index (χ0) is 8.97. The number of rotatable bonds is 2. The monoisotopic (exact) mass is 166 g/mol. The maximum absolute atomic E-state index is 12.7. The van der Waals surface area contributed by atoms with Crippen LogP contribution in [0.2, 0.25) is 0 Å². The van der Waals surface area contributed by atoms with Crippen molar-refractivity contribution in [3.63, 3.8) is 0 Å². The molecular formula is C9H11FN2. The first kappa shape index (κ1) is 8.87. The molecule has 1 aromatic rings. The molecule has 0 atom stereocenters. The lowest BCUT2D eigenvalue weighted by Gasteiger charge is -1.96. The molecular weight excluding hydrogens is 155 g/mol. The van der Waals surface area contributed by atoms with Crippen LogP contribution in [0.5, 0.6) is 0 Å². The summed E-state index contributed by atoms with van der Waals surface area (Å²) in [5.74, 6) is -0.417. The Morgan fingerprint density at radius 3 is 3.00 bits per heavy atom. The molecule has 1 heterocycles. The Kier molecular flexibility index (Phi) is 2.94. The van der Waals surface area contributed by atoms with Crippen molar-refractivity contribution in [1.82, 2.24) is 4.98 Å². The predicted molar refractivity (Wildman–Crippen MR) is 47.0 cm³/mol. The molecule has 0 saturated heterocycles. The molecule has 12 heavy (non-hydrogen) atoms. The third-order valence-corrected chi connectivity index (χ3v) is 1.48. The van der Waals surface area contributed by atoms with Crippen LogP contribution in [0, 0.1) is 12.9 Å². The molecule has 0 radical (unpaired) electrons. The van der Waals surface area contributed by atoms with Crippen molar-refractivity contribution in [2.24, 2.45) is 5.73 Å². The van der Waals surface area contributed by atoms with Crippen molar-refractivity contribution in [2.75, 3.05) is 6.54 Å². The van der Waals surface area contributed by atoms with Gasteiger partial charge in [-0.25, -0.2) is 4.98 Å². The first-order chi connectivity index (χ1) is 5.74. The molecule has 0 aliphatic rings. The number of pyridine rings is 1. The molecule has 0 aromatic carbocycles. The maximum Gasteiger partial charge on any atom is 0.215 e. The summed E-state index contributed by atoms with van der Waals surface area (Å²) in [4.78, 5) is 3.57. The van der Waals surface area contributed by atoms with E-state index in [1.54, 1.807) is 19.1 Å². The highest BCUT2D eigenvalue weighted by Crippen LogP contribution is 2.06. The minimum absolute atomic E-state index is 0.417. The van der Waals surface area contributed by atoms with Crippen molar-refractivity contribution >= 4 is 6.08 Å². The summed E-state index contributed by atoms with van der Waals surface area (Å²) < 4.78 is 12.7. The molecule has 0 saturated carbocycles. The largest absolute Gasteiger partial charge is 0.327 e. The van der Waals surface area contributed by atoms with E-state index in [4.69, 9.17) is 5.73 Å². The molecule has 2 N–H and O–H groups in total. The van der Waals surface area contributed by atoms with Crippen LogP contribution < -0.4 is 5.73 Å². The summed E-state index contributed by atoms with van der Waals surface area (Å²) in [5.41, 5.74) is 6.69. The van der Waals surface area contributed by atoms with Gasteiger partial charge in [-0.3, -0.25) is 0 Å². The van der Waals surface area contributed by atoms with E-state index in [1.165, 1.54) is 6.20 Å². The van der Waals surface area contributed by atoms with Gasteiger partial charge in [0.2, 0.25) is 5.95 Å². The Hall–Kier alpha value is -1.22. The standard InChI is InChI=1S/C9H11FN2/c1-7-5-8(3-2-4-11)6-12-9(7)10/h2-3,5-6H,4,11H2,1H3. The fourth-order valence-electron chi connectivity index (χ4n) is 0.875. The molecule has 0 fully saturated rings. The van der Waals surface area contributed by atoms with Gasteiger partial charge in [0, 0.05) is 18.3 Å².